The minimum Gasteiger partial charge on any atom is -0.497 e. The third-order valence-electron chi connectivity index (χ3n) is 6.95. The molecule has 0 aromatic heterocycles. The zero-order chi connectivity index (χ0) is 28.7. The molecule has 4 rings (SSSR count). The fraction of sp³-hybridized carbons (Fsp3) is 0.500. The van der Waals surface area contributed by atoms with Crippen LogP contribution in [0, 0.1) is 0 Å². The van der Waals surface area contributed by atoms with E-state index >= 15 is 0 Å². The summed E-state index contributed by atoms with van der Waals surface area (Å²) >= 11 is 0. The van der Waals surface area contributed by atoms with Crippen LogP contribution in [0.4, 0.5) is 4.79 Å². The van der Waals surface area contributed by atoms with Gasteiger partial charge in [-0.1, -0.05) is 30.3 Å². The van der Waals surface area contributed by atoms with Crippen LogP contribution in [0.2, 0.25) is 0 Å². The van der Waals surface area contributed by atoms with Crippen molar-refractivity contribution in [3.05, 3.63) is 59.7 Å². The van der Waals surface area contributed by atoms with Gasteiger partial charge in [0, 0.05) is 49.3 Å². The van der Waals surface area contributed by atoms with Crippen molar-refractivity contribution in [2.45, 2.75) is 38.8 Å². The van der Waals surface area contributed by atoms with Crippen molar-refractivity contribution in [3.8, 4) is 11.5 Å². The Morgan fingerprint density at radius 2 is 1.82 bits per heavy atom. The van der Waals surface area contributed by atoms with E-state index in [-0.39, 0.29) is 24.5 Å². The van der Waals surface area contributed by atoms with E-state index in [1.807, 2.05) is 69.3 Å². The molecule has 216 valence electrons. The summed E-state index contributed by atoms with van der Waals surface area (Å²) in [5, 5.41) is 9.34. The molecule has 1 N–H and O–H groups in total. The zero-order valence-electron chi connectivity index (χ0n) is 24.2. The molecule has 2 aromatic rings. The van der Waals surface area contributed by atoms with E-state index in [4.69, 9.17) is 19.3 Å². The average molecular weight is 552 g/mol. The summed E-state index contributed by atoms with van der Waals surface area (Å²) in [5.41, 5.74) is 2.06. The molecule has 0 saturated carbocycles. The lowest BCUT2D eigenvalue weighted by molar-refractivity contribution is -0.133. The molecule has 3 amide bonds. The molecule has 2 aromatic carbocycles. The second-order valence-electron chi connectivity index (χ2n) is 11.0. The standard InChI is InChI=1S/C30H41N5O5/c1-30(2,3)31-29(37)34(14-13-33-15-17-40-18-16-33)21-28(36)35-26(24-11-6-7-12-27(24)39-5)20-25(32-35)22-9-8-10-23(19-22)38-4/h6-12,19,26H,13-18,20-21H2,1-5H3,(H,31,37)/t26-/m1/s1. The number of carbonyl (C=O) groups excluding carboxylic acids is 2. The van der Waals surface area contributed by atoms with Crippen molar-refractivity contribution in [2.24, 2.45) is 5.10 Å². The summed E-state index contributed by atoms with van der Waals surface area (Å²) in [7, 11) is 3.24. The van der Waals surface area contributed by atoms with Crippen molar-refractivity contribution in [3.63, 3.8) is 0 Å². The van der Waals surface area contributed by atoms with Gasteiger partial charge in [0.05, 0.1) is 39.2 Å². The van der Waals surface area contributed by atoms with Crippen LogP contribution in [0.1, 0.15) is 44.4 Å². The molecule has 2 heterocycles. The lowest BCUT2D eigenvalue weighted by Crippen LogP contribution is -2.53. The first-order valence-corrected chi connectivity index (χ1v) is 13.7. The number of methoxy groups -OCH3 is 2. The first kappa shape index (κ1) is 29.4. The Hall–Kier alpha value is -3.63. The molecular weight excluding hydrogens is 510 g/mol. The van der Waals surface area contributed by atoms with Crippen LogP contribution in [0.15, 0.2) is 53.6 Å². The SMILES string of the molecule is COc1cccc(C2=NN(C(=O)CN(CCN3CCOCC3)C(=O)NC(C)(C)C)[C@@H](c3ccccc3OC)C2)c1. The minimum atomic E-state index is -0.442. The average Bonchev–Trinajstić information content (AvgIpc) is 3.40. The highest BCUT2D eigenvalue weighted by atomic mass is 16.5. The van der Waals surface area contributed by atoms with Gasteiger partial charge in [0.1, 0.15) is 18.0 Å². The molecule has 10 nitrogen and oxygen atoms in total. The van der Waals surface area contributed by atoms with Gasteiger partial charge in [0.2, 0.25) is 0 Å². The molecule has 0 spiro atoms. The number of amides is 3. The van der Waals surface area contributed by atoms with E-state index in [2.05, 4.69) is 10.2 Å². The lowest BCUT2D eigenvalue weighted by atomic mass is 9.97. The number of para-hydroxylation sites is 1. The molecule has 10 heteroatoms. The Balaban J connectivity index is 1.61. The van der Waals surface area contributed by atoms with Crippen LogP contribution >= 0.6 is 0 Å². The Morgan fingerprint density at radius 3 is 2.52 bits per heavy atom. The predicted octanol–water partition coefficient (Wildman–Crippen LogP) is 3.52. The van der Waals surface area contributed by atoms with Gasteiger partial charge in [0.25, 0.3) is 5.91 Å². The molecule has 0 unspecified atom stereocenters. The molecule has 0 radical (unpaired) electrons. The Morgan fingerprint density at radius 1 is 1.07 bits per heavy atom. The number of carbonyl (C=O) groups is 2. The van der Waals surface area contributed by atoms with Gasteiger partial charge < -0.3 is 24.4 Å². The normalized spacial score (nSPS) is 17.8. The van der Waals surface area contributed by atoms with Crippen LogP contribution < -0.4 is 14.8 Å². The molecule has 2 aliphatic rings. The largest absolute Gasteiger partial charge is 0.497 e. The maximum atomic E-state index is 14.0. The molecule has 1 fully saturated rings. The number of benzene rings is 2. The van der Waals surface area contributed by atoms with Gasteiger partial charge in [-0.15, -0.1) is 0 Å². The van der Waals surface area contributed by atoms with Crippen molar-refractivity contribution in [1.82, 2.24) is 20.1 Å². The van der Waals surface area contributed by atoms with Gasteiger partial charge in [0.15, 0.2) is 0 Å². The first-order chi connectivity index (χ1) is 19.2. The number of urea groups is 1. The van der Waals surface area contributed by atoms with Gasteiger partial charge in [-0.3, -0.25) is 9.69 Å². The van der Waals surface area contributed by atoms with Crippen LogP contribution in [0.3, 0.4) is 0 Å². The molecule has 0 aliphatic carbocycles. The molecule has 2 aliphatic heterocycles. The summed E-state index contributed by atoms with van der Waals surface area (Å²) in [4.78, 5) is 31.1. The highest BCUT2D eigenvalue weighted by molar-refractivity contribution is 6.03. The molecule has 0 bridgehead atoms. The maximum absolute atomic E-state index is 14.0. The van der Waals surface area contributed by atoms with Crippen LogP contribution in [-0.4, -0.2) is 98.2 Å². The number of nitrogens with one attached hydrogen (secondary N) is 1. The number of nitrogens with zero attached hydrogens (tertiary/aromatic N) is 4. The maximum Gasteiger partial charge on any atom is 0.318 e. The van der Waals surface area contributed by atoms with Gasteiger partial charge in [-0.05, 0) is 39.0 Å². The zero-order valence-corrected chi connectivity index (χ0v) is 24.2. The van der Waals surface area contributed by atoms with Crippen LogP contribution in [0.5, 0.6) is 11.5 Å². The molecule has 1 saturated heterocycles. The number of hydrogen-bond donors (Lipinski definition) is 1. The number of morpholine rings is 1. The molecule has 1 atom stereocenters. The predicted molar refractivity (Wildman–Crippen MR) is 154 cm³/mol. The van der Waals surface area contributed by atoms with Crippen molar-refractivity contribution in [1.29, 1.82) is 0 Å². The van der Waals surface area contributed by atoms with Gasteiger partial charge in [-0.2, -0.15) is 5.10 Å². The van der Waals surface area contributed by atoms with Gasteiger partial charge >= 0.3 is 6.03 Å². The monoisotopic (exact) mass is 551 g/mol. The number of hydrogen-bond acceptors (Lipinski definition) is 7. The topological polar surface area (TPSA) is 95.9 Å². The molecule has 40 heavy (non-hydrogen) atoms. The van der Waals surface area contributed by atoms with E-state index in [9.17, 15) is 9.59 Å². The Kier molecular flexibility index (Phi) is 9.65. The van der Waals surface area contributed by atoms with E-state index in [1.165, 1.54) is 5.01 Å². The number of rotatable bonds is 9. The number of hydrazone groups is 1. The smallest absolute Gasteiger partial charge is 0.318 e. The fourth-order valence-electron chi connectivity index (χ4n) is 4.88. The summed E-state index contributed by atoms with van der Waals surface area (Å²) < 4.78 is 16.5. The second-order valence-corrected chi connectivity index (χ2v) is 11.0. The van der Waals surface area contributed by atoms with E-state index in [0.29, 0.717) is 44.2 Å². The van der Waals surface area contributed by atoms with Crippen molar-refractivity contribution >= 4 is 17.6 Å². The van der Waals surface area contributed by atoms with Crippen LogP contribution in [-0.2, 0) is 9.53 Å². The fourth-order valence-corrected chi connectivity index (χ4v) is 4.88. The van der Waals surface area contributed by atoms with Gasteiger partial charge in [-0.25, -0.2) is 9.80 Å². The van der Waals surface area contributed by atoms with Crippen LogP contribution in [0.25, 0.3) is 0 Å². The Labute approximate surface area is 236 Å². The summed E-state index contributed by atoms with van der Waals surface area (Å²) in [6, 6.07) is 14.7. The Bertz CT molecular complexity index is 1200. The minimum absolute atomic E-state index is 0.104. The van der Waals surface area contributed by atoms with E-state index in [0.717, 1.165) is 29.9 Å². The quantitative estimate of drug-likeness (QED) is 0.513. The highest BCUT2D eigenvalue weighted by Gasteiger charge is 2.36. The number of ether oxygens (including phenoxy) is 3. The summed E-state index contributed by atoms with van der Waals surface area (Å²) in [6.45, 7) is 9.69. The van der Waals surface area contributed by atoms with E-state index in [1.54, 1.807) is 19.1 Å². The van der Waals surface area contributed by atoms with Crippen molar-refractivity contribution < 1.29 is 23.8 Å². The third-order valence-corrected chi connectivity index (χ3v) is 6.95. The first-order valence-electron chi connectivity index (χ1n) is 13.7. The summed E-state index contributed by atoms with van der Waals surface area (Å²) in [5.74, 6) is 1.13. The molecular formula is C30H41N5O5. The highest BCUT2D eigenvalue weighted by Crippen LogP contribution is 2.37. The lowest BCUT2D eigenvalue weighted by Gasteiger charge is -2.33. The van der Waals surface area contributed by atoms with E-state index < -0.39 is 5.54 Å². The second kappa shape index (κ2) is 13.1. The third kappa shape index (κ3) is 7.51. The summed E-state index contributed by atoms with van der Waals surface area (Å²) in [6.07, 6.45) is 0.501. The van der Waals surface area contributed by atoms with Crippen molar-refractivity contribution in [2.75, 3.05) is 60.2 Å².